The van der Waals surface area contributed by atoms with E-state index in [4.69, 9.17) is 0 Å². The number of carbonyl (C=O) groups excluding carboxylic acids is 1. The summed E-state index contributed by atoms with van der Waals surface area (Å²) in [4.78, 5) is 21.9. The summed E-state index contributed by atoms with van der Waals surface area (Å²) in [6, 6.07) is 3.85. The Kier molecular flexibility index (Phi) is 3.68. The summed E-state index contributed by atoms with van der Waals surface area (Å²) in [6.07, 6.45) is 3.71. The number of H-pyrrole nitrogens is 1. The van der Waals surface area contributed by atoms with Crippen molar-refractivity contribution >= 4 is 28.9 Å². The van der Waals surface area contributed by atoms with Gasteiger partial charge in [0.25, 0.3) is 5.91 Å². The highest BCUT2D eigenvalue weighted by Crippen LogP contribution is 2.31. The predicted octanol–water partition coefficient (Wildman–Crippen LogP) is 2.33. The lowest BCUT2D eigenvalue weighted by Crippen LogP contribution is -2.28. The summed E-state index contributed by atoms with van der Waals surface area (Å²) in [6.45, 7) is 5.29. The van der Waals surface area contributed by atoms with Crippen molar-refractivity contribution in [3.05, 3.63) is 28.9 Å². The number of likely N-dealkylation sites (N-methyl/N-ethyl adjacent to an activating group) is 1. The van der Waals surface area contributed by atoms with Gasteiger partial charge in [-0.2, -0.15) is 0 Å². The molecule has 1 saturated heterocycles. The van der Waals surface area contributed by atoms with Gasteiger partial charge in [0, 0.05) is 25.0 Å². The number of rotatable bonds is 3. The summed E-state index contributed by atoms with van der Waals surface area (Å²) in [5, 5.41) is 0.804. The summed E-state index contributed by atoms with van der Waals surface area (Å²) < 4.78 is 0. The molecule has 1 aliphatic rings. The summed E-state index contributed by atoms with van der Waals surface area (Å²) >= 11 is 1.44. The molecule has 4 nitrogen and oxygen atoms in total. The Hall–Kier alpha value is -1.49. The first kappa shape index (κ1) is 12.0. The number of thioether (sulfide) groups is 1. The van der Waals surface area contributed by atoms with Crippen molar-refractivity contribution in [2.45, 2.75) is 13.8 Å². The molecule has 1 aliphatic heterocycles. The van der Waals surface area contributed by atoms with Gasteiger partial charge in [-0.15, -0.1) is 0 Å². The van der Waals surface area contributed by atoms with Crippen LogP contribution < -0.4 is 0 Å². The zero-order valence-electron chi connectivity index (χ0n) is 9.93. The van der Waals surface area contributed by atoms with Crippen molar-refractivity contribution in [1.82, 2.24) is 9.88 Å². The minimum Gasteiger partial charge on any atom is -0.362 e. The second kappa shape index (κ2) is 5.23. The standard InChI is InChI=1S/C12H15N3OS/c1-3-13-12-15(4-2)11(16)10(17-12)8-9-6-5-7-14-9/h5-8,14H,3-4H2,1-2H3/b10-8+,13-12?. The van der Waals surface area contributed by atoms with Crippen molar-refractivity contribution < 1.29 is 4.79 Å². The average Bonchev–Trinajstić information content (AvgIpc) is 2.90. The lowest BCUT2D eigenvalue weighted by Gasteiger charge is -2.11. The Morgan fingerprint density at radius 2 is 2.35 bits per heavy atom. The first-order chi connectivity index (χ1) is 8.26. The van der Waals surface area contributed by atoms with Gasteiger partial charge in [0.2, 0.25) is 0 Å². The van der Waals surface area contributed by atoms with Gasteiger partial charge in [-0.25, -0.2) is 0 Å². The van der Waals surface area contributed by atoms with E-state index in [1.54, 1.807) is 4.90 Å². The number of amides is 1. The van der Waals surface area contributed by atoms with Crippen LogP contribution in [0.1, 0.15) is 19.5 Å². The van der Waals surface area contributed by atoms with Crippen LogP contribution in [-0.4, -0.2) is 34.0 Å². The number of amidine groups is 1. The minimum atomic E-state index is 0.0410. The Balaban J connectivity index is 2.27. The predicted molar refractivity (Wildman–Crippen MR) is 71.7 cm³/mol. The zero-order chi connectivity index (χ0) is 12.3. The molecule has 0 aromatic carbocycles. The van der Waals surface area contributed by atoms with Gasteiger partial charge in [-0.05, 0) is 43.8 Å². The molecule has 1 aromatic heterocycles. The van der Waals surface area contributed by atoms with Gasteiger partial charge in [-0.1, -0.05) is 0 Å². The van der Waals surface area contributed by atoms with Crippen molar-refractivity contribution in [3.63, 3.8) is 0 Å². The fourth-order valence-electron chi connectivity index (χ4n) is 1.62. The Bertz CT molecular complexity index is 462. The second-order valence-corrected chi connectivity index (χ2v) is 4.55. The Labute approximate surface area is 105 Å². The summed E-state index contributed by atoms with van der Waals surface area (Å²) in [5.41, 5.74) is 0.939. The lowest BCUT2D eigenvalue weighted by molar-refractivity contribution is -0.122. The molecule has 2 rings (SSSR count). The number of hydrogen-bond donors (Lipinski definition) is 1. The van der Waals surface area contributed by atoms with E-state index >= 15 is 0 Å². The van der Waals surface area contributed by atoms with Gasteiger partial charge in [0.05, 0.1) is 4.91 Å². The van der Waals surface area contributed by atoms with E-state index in [2.05, 4.69) is 9.98 Å². The van der Waals surface area contributed by atoms with E-state index in [9.17, 15) is 4.79 Å². The van der Waals surface area contributed by atoms with Crippen molar-refractivity contribution in [2.75, 3.05) is 13.1 Å². The Morgan fingerprint density at radius 3 is 2.94 bits per heavy atom. The molecule has 0 unspecified atom stereocenters. The average molecular weight is 249 g/mol. The van der Waals surface area contributed by atoms with E-state index < -0.39 is 0 Å². The van der Waals surface area contributed by atoms with Crippen LogP contribution in [-0.2, 0) is 4.79 Å². The number of aromatic nitrogens is 1. The maximum atomic E-state index is 12.1. The molecule has 17 heavy (non-hydrogen) atoms. The van der Waals surface area contributed by atoms with Crippen LogP contribution in [0.5, 0.6) is 0 Å². The third-order valence-corrected chi connectivity index (χ3v) is 3.45. The summed E-state index contributed by atoms with van der Waals surface area (Å²) in [7, 11) is 0. The number of aromatic amines is 1. The first-order valence-corrected chi connectivity index (χ1v) is 6.47. The van der Waals surface area contributed by atoms with Gasteiger partial charge in [0.1, 0.15) is 0 Å². The molecule has 1 N–H and O–H groups in total. The summed E-state index contributed by atoms with van der Waals surface area (Å²) in [5.74, 6) is 0.0410. The highest BCUT2D eigenvalue weighted by Gasteiger charge is 2.31. The quantitative estimate of drug-likeness (QED) is 0.836. The van der Waals surface area contributed by atoms with Gasteiger partial charge < -0.3 is 4.98 Å². The van der Waals surface area contributed by atoms with Crippen molar-refractivity contribution in [1.29, 1.82) is 0 Å². The topological polar surface area (TPSA) is 48.5 Å². The molecule has 1 aromatic rings. The number of nitrogens with zero attached hydrogens (tertiary/aromatic N) is 2. The molecule has 2 heterocycles. The van der Waals surface area contributed by atoms with Crippen LogP contribution in [0.4, 0.5) is 0 Å². The van der Waals surface area contributed by atoms with Crippen molar-refractivity contribution in [2.24, 2.45) is 4.99 Å². The maximum absolute atomic E-state index is 12.1. The third kappa shape index (κ3) is 2.44. The molecule has 0 aliphatic carbocycles. The van der Waals surface area contributed by atoms with Crippen molar-refractivity contribution in [3.8, 4) is 0 Å². The lowest BCUT2D eigenvalue weighted by atomic mass is 10.3. The SMILES string of the molecule is CCN=C1S/C(=C/c2ccc[nH]2)C(=O)N1CC. The smallest absolute Gasteiger partial charge is 0.266 e. The molecule has 1 amide bonds. The normalized spacial score (nSPS) is 20.8. The van der Waals surface area contributed by atoms with E-state index in [-0.39, 0.29) is 5.91 Å². The van der Waals surface area contributed by atoms with Gasteiger partial charge >= 0.3 is 0 Å². The van der Waals surface area contributed by atoms with Crippen LogP contribution in [0.25, 0.3) is 6.08 Å². The minimum absolute atomic E-state index is 0.0410. The first-order valence-electron chi connectivity index (χ1n) is 5.65. The highest BCUT2D eigenvalue weighted by molar-refractivity contribution is 8.18. The van der Waals surface area contributed by atoms with E-state index in [1.165, 1.54) is 11.8 Å². The third-order valence-electron chi connectivity index (χ3n) is 2.41. The largest absolute Gasteiger partial charge is 0.362 e. The molecule has 0 atom stereocenters. The van der Waals surface area contributed by atoms with E-state index in [0.717, 1.165) is 15.8 Å². The van der Waals surface area contributed by atoms with Gasteiger partial charge in [0.15, 0.2) is 5.17 Å². The van der Waals surface area contributed by atoms with Gasteiger partial charge in [-0.3, -0.25) is 14.7 Å². The number of hydrogen-bond acceptors (Lipinski definition) is 3. The zero-order valence-corrected chi connectivity index (χ0v) is 10.8. The fourth-order valence-corrected chi connectivity index (χ4v) is 2.71. The van der Waals surface area contributed by atoms with E-state index in [0.29, 0.717) is 13.1 Å². The van der Waals surface area contributed by atoms with Crippen LogP contribution in [0.3, 0.4) is 0 Å². The van der Waals surface area contributed by atoms with Crippen LogP contribution >= 0.6 is 11.8 Å². The second-order valence-electron chi connectivity index (χ2n) is 3.54. The number of aliphatic imine (C=N–C) groups is 1. The number of carbonyl (C=O) groups is 1. The van der Waals surface area contributed by atoms with Crippen LogP contribution in [0, 0.1) is 0 Å². The fraction of sp³-hybridized carbons (Fsp3) is 0.333. The van der Waals surface area contributed by atoms with Crippen LogP contribution in [0.2, 0.25) is 0 Å². The molecule has 0 spiro atoms. The monoisotopic (exact) mass is 249 g/mol. The molecule has 5 heteroatoms. The van der Waals surface area contributed by atoms with E-state index in [1.807, 2.05) is 38.3 Å². The molecular formula is C12H15N3OS. The highest BCUT2D eigenvalue weighted by atomic mass is 32.2. The molecule has 90 valence electrons. The Morgan fingerprint density at radius 1 is 1.53 bits per heavy atom. The molecule has 0 saturated carbocycles. The molecule has 0 bridgehead atoms. The molecule has 0 radical (unpaired) electrons. The van der Waals surface area contributed by atoms with Crippen LogP contribution in [0.15, 0.2) is 28.2 Å². The number of nitrogens with one attached hydrogen (secondary N) is 1. The molecular weight excluding hydrogens is 234 g/mol. The molecule has 1 fully saturated rings. The maximum Gasteiger partial charge on any atom is 0.266 e.